The van der Waals surface area contributed by atoms with Gasteiger partial charge in [0.15, 0.2) is 11.5 Å². The van der Waals surface area contributed by atoms with Crippen LogP contribution in [-0.4, -0.2) is 23.4 Å². The van der Waals surface area contributed by atoms with Crippen molar-refractivity contribution in [3.8, 4) is 11.5 Å². The summed E-state index contributed by atoms with van der Waals surface area (Å²) in [6.07, 6.45) is 1.56. The zero-order valence-corrected chi connectivity index (χ0v) is 22.1. The van der Waals surface area contributed by atoms with Gasteiger partial charge in [-0.25, -0.2) is 9.18 Å². The van der Waals surface area contributed by atoms with Crippen molar-refractivity contribution >= 4 is 44.7 Å². The lowest BCUT2D eigenvalue weighted by atomic mass is 10.1. The molecule has 1 aliphatic rings. The monoisotopic (exact) mass is 574 g/mol. The number of halogens is 2. The number of nitrogens with zero attached hydrogens (tertiary/aromatic N) is 1. The van der Waals surface area contributed by atoms with Crippen LogP contribution in [0.2, 0.25) is 0 Å². The number of benzene rings is 4. The summed E-state index contributed by atoms with van der Waals surface area (Å²) in [6, 6.07) is 23.2. The second-order valence-corrected chi connectivity index (χ2v) is 9.52. The molecule has 38 heavy (non-hydrogen) atoms. The zero-order chi connectivity index (χ0) is 26.6. The van der Waals surface area contributed by atoms with E-state index in [-0.39, 0.29) is 17.8 Å². The number of imide groups is 1. The largest absolute Gasteiger partial charge is 0.490 e. The van der Waals surface area contributed by atoms with E-state index in [1.165, 1.54) is 6.07 Å². The Labute approximate surface area is 227 Å². The van der Waals surface area contributed by atoms with Crippen LogP contribution in [0.4, 0.5) is 9.18 Å². The second-order valence-electron chi connectivity index (χ2n) is 8.66. The number of carbonyl (C=O) groups is 2. The molecule has 192 valence electrons. The molecule has 0 bridgehead atoms. The minimum absolute atomic E-state index is 0.0881. The fourth-order valence-corrected chi connectivity index (χ4v) is 4.90. The summed E-state index contributed by atoms with van der Waals surface area (Å²) in [5, 5.41) is 4.82. The van der Waals surface area contributed by atoms with Gasteiger partial charge in [0.25, 0.3) is 5.91 Å². The van der Waals surface area contributed by atoms with E-state index in [1.54, 1.807) is 36.4 Å². The molecule has 0 atom stereocenters. The maximum Gasteiger partial charge on any atom is 0.329 e. The fraction of sp³-hybridized carbons (Fsp3) is 0.133. The SMILES string of the molecule is CCOc1cc(/C=C2/NC(=O)N(Cc3ccccc3F)C2=O)cc(Br)c1OCc1cccc2ccccc12. The smallest absolute Gasteiger partial charge is 0.329 e. The van der Waals surface area contributed by atoms with Crippen LogP contribution in [0.25, 0.3) is 16.8 Å². The molecule has 1 heterocycles. The van der Waals surface area contributed by atoms with Crippen LogP contribution in [0.1, 0.15) is 23.6 Å². The van der Waals surface area contributed by atoms with Crippen molar-refractivity contribution < 1.29 is 23.5 Å². The molecule has 0 aliphatic carbocycles. The molecule has 0 aromatic heterocycles. The molecule has 4 aromatic rings. The van der Waals surface area contributed by atoms with Gasteiger partial charge in [0.2, 0.25) is 0 Å². The van der Waals surface area contributed by atoms with E-state index in [4.69, 9.17) is 9.47 Å². The number of amides is 3. The van der Waals surface area contributed by atoms with Gasteiger partial charge in [-0.1, -0.05) is 60.7 Å². The predicted molar refractivity (Wildman–Crippen MR) is 147 cm³/mol. The molecule has 1 saturated heterocycles. The van der Waals surface area contributed by atoms with Gasteiger partial charge >= 0.3 is 6.03 Å². The lowest BCUT2D eigenvalue weighted by Crippen LogP contribution is -2.30. The first-order valence-corrected chi connectivity index (χ1v) is 12.9. The first-order valence-electron chi connectivity index (χ1n) is 12.1. The third-order valence-electron chi connectivity index (χ3n) is 6.14. The topological polar surface area (TPSA) is 67.9 Å². The molecule has 1 fully saturated rings. The van der Waals surface area contributed by atoms with Gasteiger partial charge in [0.05, 0.1) is 17.6 Å². The Bertz CT molecular complexity index is 1560. The summed E-state index contributed by atoms with van der Waals surface area (Å²) in [5.41, 5.74) is 2.00. The van der Waals surface area contributed by atoms with Crippen molar-refractivity contribution in [2.24, 2.45) is 0 Å². The number of hydrogen-bond donors (Lipinski definition) is 1. The third-order valence-corrected chi connectivity index (χ3v) is 6.73. The minimum Gasteiger partial charge on any atom is -0.490 e. The lowest BCUT2D eigenvalue weighted by Gasteiger charge is -2.16. The highest BCUT2D eigenvalue weighted by Crippen LogP contribution is 2.38. The average molecular weight is 575 g/mol. The number of carbonyl (C=O) groups excluding carboxylic acids is 2. The third kappa shape index (κ3) is 5.26. The molecular formula is C30H24BrFN2O4. The molecule has 8 heteroatoms. The molecule has 0 radical (unpaired) electrons. The number of fused-ring (bicyclic) bond motifs is 1. The van der Waals surface area contributed by atoms with Gasteiger partial charge in [-0.2, -0.15) is 0 Å². The van der Waals surface area contributed by atoms with Crippen molar-refractivity contribution in [1.82, 2.24) is 10.2 Å². The van der Waals surface area contributed by atoms with Crippen molar-refractivity contribution in [1.29, 1.82) is 0 Å². The average Bonchev–Trinajstić information content (AvgIpc) is 3.17. The molecule has 1 N–H and O–H groups in total. The Balaban J connectivity index is 1.39. The van der Waals surface area contributed by atoms with Crippen LogP contribution < -0.4 is 14.8 Å². The maximum absolute atomic E-state index is 14.1. The van der Waals surface area contributed by atoms with Crippen LogP contribution in [0.15, 0.2) is 89.0 Å². The van der Waals surface area contributed by atoms with Crippen molar-refractivity contribution in [2.45, 2.75) is 20.1 Å². The lowest BCUT2D eigenvalue weighted by molar-refractivity contribution is -0.123. The summed E-state index contributed by atoms with van der Waals surface area (Å²) in [6.45, 7) is 2.45. The highest BCUT2D eigenvalue weighted by molar-refractivity contribution is 9.10. The Morgan fingerprint density at radius 2 is 1.68 bits per heavy atom. The van der Waals surface area contributed by atoms with E-state index in [0.29, 0.717) is 34.7 Å². The Hall–Kier alpha value is -4.17. The molecule has 0 unspecified atom stereocenters. The van der Waals surface area contributed by atoms with Gasteiger partial charge in [0.1, 0.15) is 18.1 Å². The van der Waals surface area contributed by atoms with Gasteiger partial charge in [-0.3, -0.25) is 9.69 Å². The van der Waals surface area contributed by atoms with E-state index in [2.05, 4.69) is 39.4 Å². The van der Waals surface area contributed by atoms with Crippen LogP contribution in [-0.2, 0) is 17.9 Å². The van der Waals surface area contributed by atoms with Crippen molar-refractivity contribution in [2.75, 3.05) is 6.61 Å². The summed E-state index contributed by atoms with van der Waals surface area (Å²) in [7, 11) is 0. The van der Waals surface area contributed by atoms with E-state index >= 15 is 0 Å². The Kier molecular flexibility index (Phi) is 7.42. The summed E-state index contributed by atoms with van der Waals surface area (Å²) >= 11 is 3.57. The van der Waals surface area contributed by atoms with Crippen molar-refractivity contribution in [3.05, 3.63) is 112 Å². The standard InChI is InChI=1S/C30H24BrFN2O4/c1-2-37-27-16-19(15-26-29(35)34(30(36)33-26)17-21-9-4-6-13-25(21)32)14-24(31)28(27)38-18-22-11-7-10-20-8-3-5-12-23(20)22/h3-16H,2,17-18H2,1H3,(H,33,36)/b26-15+. The maximum atomic E-state index is 14.1. The van der Waals surface area contributed by atoms with Crippen LogP contribution in [0.5, 0.6) is 11.5 Å². The number of hydrogen-bond acceptors (Lipinski definition) is 4. The van der Waals surface area contributed by atoms with Gasteiger partial charge in [0, 0.05) is 5.56 Å². The second kappa shape index (κ2) is 11.1. The molecular weight excluding hydrogens is 551 g/mol. The highest BCUT2D eigenvalue weighted by Gasteiger charge is 2.34. The van der Waals surface area contributed by atoms with Gasteiger partial charge in [-0.15, -0.1) is 0 Å². The molecule has 1 aliphatic heterocycles. The van der Waals surface area contributed by atoms with Gasteiger partial charge < -0.3 is 14.8 Å². The predicted octanol–water partition coefficient (Wildman–Crippen LogP) is 6.81. The number of urea groups is 1. The molecule has 0 saturated carbocycles. The molecule has 5 rings (SSSR count). The molecule has 0 spiro atoms. The number of rotatable bonds is 8. The van der Waals surface area contributed by atoms with E-state index in [0.717, 1.165) is 21.2 Å². The van der Waals surface area contributed by atoms with E-state index < -0.39 is 17.8 Å². The van der Waals surface area contributed by atoms with Gasteiger partial charge in [-0.05, 0) is 69.0 Å². The van der Waals surface area contributed by atoms with E-state index in [1.807, 2.05) is 31.2 Å². The van der Waals surface area contributed by atoms with Crippen LogP contribution >= 0.6 is 15.9 Å². The molecule has 3 amide bonds. The quantitative estimate of drug-likeness (QED) is 0.185. The Morgan fingerprint density at radius 1 is 0.947 bits per heavy atom. The van der Waals surface area contributed by atoms with Crippen LogP contribution in [0, 0.1) is 5.82 Å². The minimum atomic E-state index is -0.608. The number of nitrogens with one attached hydrogen (secondary N) is 1. The van der Waals surface area contributed by atoms with E-state index in [9.17, 15) is 14.0 Å². The summed E-state index contributed by atoms with van der Waals surface area (Å²) in [4.78, 5) is 26.4. The first kappa shape index (κ1) is 25.5. The Morgan fingerprint density at radius 3 is 2.50 bits per heavy atom. The summed E-state index contributed by atoms with van der Waals surface area (Å²) in [5.74, 6) is 0.0115. The summed E-state index contributed by atoms with van der Waals surface area (Å²) < 4.78 is 26.8. The highest BCUT2D eigenvalue weighted by atomic mass is 79.9. The zero-order valence-electron chi connectivity index (χ0n) is 20.5. The molecule has 4 aromatic carbocycles. The number of ether oxygens (including phenoxy) is 2. The van der Waals surface area contributed by atoms with Crippen LogP contribution in [0.3, 0.4) is 0 Å². The fourth-order valence-electron chi connectivity index (χ4n) is 4.32. The first-order chi connectivity index (χ1) is 18.4. The normalized spacial score (nSPS) is 14.3. The molecule has 6 nitrogen and oxygen atoms in total. The van der Waals surface area contributed by atoms with Crippen molar-refractivity contribution in [3.63, 3.8) is 0 Å².